The van der Waals surface area contributed by atoms with Crippen LogP contribution in [0.1, 0.15) is 26.0 Å². The van der Waals surface area contributed by atoms with Crippen LogP contribution >= 0.6 is 0 Å². The first-order valence-electron chi connectivity index (χ1n) is 7.06. The number of furan rings is 1. The van der Waals surface area contributed by atoms with Crippen LogP contribution in [-0.4, -0.2) is 17.7 Å². The monoisotopic (exact) mass is 286 g/mol. The van der Waals surface area contributed by atoms with Crippen molar-refractivity contribution in [1.82, 2.24) is 0 Å². The summed E-state index contributed by atoms with van der Waals surface area (Å²) in [7, 11) is 0. The molecule has 2 aromatic rings. The number of nitrogens with zero attached hydrogens (tertiary/aromatic N) is 1. The van der Waals surface area contributed by atoms with Crippen LogP contribution in [-0.2, 0) is 9.63 Å². The highest BCUT2D eigenvalue weighted by atomic mass is 16.6. The van der Waals surface area contributed by atoms with Gasteiger partial charge in [0.15, 0.2) is 0 Å². The van der Waals surface area contributed by atoms with Crippen molar-refractivity contribution < 1.29 is 14.0 Å². The fourth-order valence-electron chi connectivity index (χ4n) is 2.35. The molecule has 0 fully saturated rings. The summed E-state index contributed by atoms with van der Waals surface area (Å²) in [6, 6.07) is 7.51. The van der Waals surface area contributed by atoms with E-state index >= 15 is 0 Å². The maximum absolute atomic E-state index is 12.2. The molecule has 21 heavy (non-hydrogen) atoms. The third-order valence-corrected chi connectivity index (χ3v) is 3.56. The summed E-state index contributed by atoms with van der Waals surface area (Å²) in [5, 5.41) is 7.81. The molecule has 1 unspecified atom stereocenters. The summed E-state index contributed by atoms with van der Waals surface area (Å²) in [6.45, 7) is 5.98. The Morgan fingerprint density at radius 1 is 1.38 bits per heavy atom. The fraction of sp³-hybridized carbons (Fsp3) is 0.375. The van der Waals surface area contributed by atoms with Crippen molar-refractivity contribution in [2.75, 3.05) is 5.32 Å². The topological polar surface area (TPSA) is 63.8 Å². The largest absolute Gasteiger partial charge is 0.461 e. The summed E-state index contributed by atoms with van der Waals surface area (Å²) in [6.07, 6.45) is 0.0144. The van der Waals surface area contributed by atoms with Gasteiger partial charge in [-0.2, -0.15) is 0 Å². The summed E-state index contributed by atoms with van der Waals surface area (Å²) in [4.78, 5) is 17.4. The van der Waals surface area contributed by atoms with Gasteiger partial charge in [0.1, 0.15) is 11.3 Å². The maximum Gasteiger partial charge on any atom is 0.268 e. The molecule has 3 rings (SSSR count). The lowest BCUT2D eigenvalue weighted by atomic mass is 10.0. The van der Waals surface area contributed by atoms with Crippen molar-refractivity contribution >= 4 is 28.3 Å². The Balaban J connectivity index is 1.69. The zero-order valence-corrected chi connectivity index (χ0v) is 12.3. The van der Waals surface area contributed by atoms with Gasteiger partial charge in [0.05, 0.1) is 5.71 Å². The van der Waals surface area contributed by atoms with Gasteiger partial charge >= 0.3 is 0 Å². The molecule has 110 valence electrons. The number of anilines is 1. The van der Waals surface area contributed by atoms with E-state index in [9.17, 15) is 4.79 Å². The predicted octanol–water partition coefficient (Wildman–Crippen LogP) is 3.48. The minimum atomic E-state index is -0.538. The quantitative estimate of drug-likeness (QED) is 0.939. The van der Waals surface area contributed by atoms with Crippen molar-refractivity contribution in [3.8, 4) is 0 Å². The molecule has 2 heterocycles. The van der Waals surface area contributed by atoms with Crippen molar-refractivity contribution in [3.63, 3.8) is 0 Å². The molecule has 1 aliphatic heterocycles. The first-order valence-corrected chi connectivity index (χ1v) is 7.06. The fourth-order valence-corrected chi connectivity index (χ4v) is 2.35. The second-order valence-electron chi connectivity index (χ2n) is 5.63. The molecule has 0 aliphatic carbocycles. The normalized spacial score (nSPS) is 17.9. The molecule has 0 saturated carbocycles. The van der Waals surface area contributed by atoms with E-state index in [1.54, 1.807) is 0 Å². The van der Waals surface area contributed by atoms with Gasteiger partial charge in [0.2, 0.25) is 6.10 Å². The van der Waals surface area contributed by atoms with Gasteiger partial charge in [-0.15, -0.1) is 0 Å². The van der Waals surface area contributed by atoms with Crippen molar-refractivity contribution in [2.45, 2.75) is 33.3 Å². The summed E-state index contributed by atoms with van der Waals surface area (Å²) < 4.78 is 5.51. The van der Waals surface area contributed by atoms with Crippen LogP contribution in [0.5, 0.6) is 0 Å². The predicted molar refractivity (Wildman–Crippen MR) is 81.3 cm³/mol. The van der Waals surface area contributed by atoms with Crippen LogP contribution in [0.3, 0.4) is 0 Å². The lowest BCUT2D eigenvalue weighted by Gasteiger charge is -2.09. The second kappa shape index (κ2) is 5.24. The van der Waals surface area contributed by atoms with E-state index in [0.29, 0.717) is 12.3 Å². The molecule has 0 bridgehead atoms. The van der Waals surface area contributed by atoms with Gasteiger partial charge in [-0.05, 0) is 37.1 Å². The average molecular weight is 286 g/mol. The molecule has 5 heteroatoms. The van der Waals surface area contributed by atoms with Gasteiger partial charge in [-0.25, -0.2) is 0 Å². The van der Waals surface area contributed by atoms with E-state index in [0.717, 1.165) is 28.1 Å². The summed E-state index contributed by atoms with van der Waals surface area (Å²) in [5.74, 6) is 0.976. The average Bonchev–Trinajstić information content (AvgIpc) is 3.03. The number of aryl methyl sites for hydroxylation is 1. The summed E-state index contributed by atoms with van der Waals surface area (Å²) >= 11 is 0. The molecule has 1 aromatic carbocycles. The Morgan fingerprint density at radius 3 is 2.90 bits per heavy atom. The molecule has 0 saturated heterocycles. The van der Waals surface area contributed by atoms with Crippen LogP contribution in [0.4, 0.5) is 5.69 Å². The summed E-state index contributed by atoms with van der Waals surface area (Å²) in [5.41, 5.74) is 2.47. The highest BCUT2D eigenvalue weighted by molar-refractivity contribution is 6.00. The number of nitrogens with one attached hydrogen (secondary N) is 1. The number of hydrogen-bond acceptors (Lipinski definition) is 4. The zero-order chi connectivity index (χ0) is 15.0. The molecule has 0 spiro atoms. The standard InChI is InChI=1S/C16H18N2O3/c1-9(2)13-8-15(21-18-13)16(19)17-12-4-5-14-11(7-12)6-10(3)20-14/h4-7,9,15H,8H2,1-3H3,(H,17,19). The third-order valence-electron chi connectivity index (χ3n) is 3.56. The van der Waals surface area contributed by atoms with E-state index in [-0.39, 0.29) is 5.91 Å². The van der Waals surface area contributed by atoms with Crippen LogP contribution in [0.15, 0.2) is 33.8 Å². The SMILES string of the molecule is Cc1cc2cc(NC(=O)C3CC(C(C)C)=NO3)ccc2o1. The Hall–Kier alpha value is -2.30. The molecule has 5 nitrogen and oxygen atoms in total. The smallest absolute Gasteiger partial charge is 0.268 e. The highest BCUT2D eigenvalue weighted by Crippen LogP contribution is 2.23. The minimum Gasteiger partial charge on any atom is -0.461 e. The lowest BCUT2D eigenvalue weighted by Crippen LogP contribution is -2.28. The van der Waals surface area contributed by atoms with E-state index in [1.165, 1.54) is 0 Å². The number of fused-ring (bicyclic) bond motifs is 1. The van der Waals surface area contributed by atoms with Gasteiger partial charge in [0.25, 0.3) is 5.91 Å². The molecule has 1 atom stereocenters. The number of oxime groups is 1. The number of rotatable bonds is 3. The molecule has 1 N–H and O–H groups in total. The molecule has 0 radical (unpaired) electrons. The van der Waals surface area contributed by atoms with E-state index in [2.05, 4.69) is 10.5 Å². The van der Waals surface area contributed by atoms with Crippen molar-refractivity contribution in [2.24, 2.45) is 11.1 Å². The van der Waals surface area contributed by atoms with Gasteiger partial charge in [-0.3, -0.25) is 4.79 Å². The van der Waals surface area contributed by atoms with Crippen molar-refractivity contribution in [1.29, 1.82) is 0 Å². The zero-order valence-electron chi connectivity index (χ0n) is 12.3. The van der Waals surface area contributed by atoms with Crippen molar-refractivity contribution in [3.05, 3.63) is 30.0 Å². The third kappa shape index (κ3) is 2.77. The second-order valence-corrected chi connectivity index (χ2v) is 5.63. The number of benzene rings is 1. The van der Waals surface area contributed by atoms with Crippen LogP contribution in [0, 0.1) is 12.8 Å². The van der Waals surface area contributed by atoms with E-state index in [4.69, 9.17) is 9.25 Å². The molecular formula is C16H18N2O3. The Bertz CT molecular complexity index is 715. The van der Waals surface area contributed by atoms with E-state index < -0.39 is 6.10 Å². The van der Waals surface area contributed by atoms with Gasteiger partial charge in [0, 0.05) is 17.5 Å². The van der Waals surface area contributed by atoms with Gasteiger partial charge in [-0.1, -0.05) is 19.0 Å². The maximum atomic E-state index is 12.2. The molecule has 1 aromatic heterocycles. The number of carbonyl (C=O) groups excluding carboxylic acids is 1. The first-order chi connectivity index (χ1) is 10.0. The Labute approximate surface area is 122 Å². The minimum absolute atomic E-state index is 0.172. The van der Waals surface area contributed by atoms with Crippen LogP contribution in [0.25, 0.3) is 11.0 Å². The highest BCUT2D eigenvalue weighted by Gasteiger charge is 2.29. The first kappa shape index (κ1) is 13.7. The van der Waals surface area contributed by atoms with Gasteiger partial charge < -0.3 is 14.6 Å². The number of amides is 1. The molecule has 1 amide bonds. The Morgan fingerprint density at radius 2 is 2.19 bits per heavy atom. The molecule has 1 aliphatic rings. The number of hydrogen-bond donors (Lipinski definition) is 1. The Kier molecular flexibility index (Phi) is 3.41. The van der Waals surface area contributed by atoms with Crippen LogP contribution < -0.4 is 5.32 Å². The number of carbonyl (C=O) groups is 1. The van der Waals surface area contributed by atoms with Crippen LogP contribution in [0.2, 0.25) is 0 Å². The molecular weight excluding hydrogens is 268 g/mol. The van der Waals surface area contributed by atoms with E-state index in [1.807, 2.05) is 45.0 Å². The lowest BCUT2D eigenvalue weighted by molar-refractivity contribution is -0.125.